The summed E-state index contributed by atoms with van der Waals surface area (Å²) >= 11 is 6.00. The highest BCUT2D eigenvalue weighted by Crippen LogP contribution is 2.25. The molecule has 2 amide bonds. The quantitative estimate of drug-likeness (QED) is 0.750. The maximum absolute atomic E-state index is 11.6. The fourth-order valence-corrected chi connectivity index (χ4v) is 1.56. The molecule has 0 fully saturated rings. The minimum Gasteiger partial charge on any atom is -0.326 e. The lowest BCUT2D eigenvalue weighted by Gasteiger charge is -2.10. The predicted molar refractivity (Wildman–Crippen MR) is 77.5 cm³/mol. The zero-order valence-corrected chi connectivity index (χ0v) is 11.8. The first-order chi connectivity index (χ1) is 9.06. The third-order valence-corrected chi connectivity index (χ3v) is 2.78. The van der Waals surface area contributed by atoms with E-state index in [-0.39, 0.29) is 11.8 Å². The van der Waals surface area contributed by atoms with Crippen molar-refractivity contribution in [3.05, 3.63) is 23.2 Å². The largest absolute Gasteiger partial charge is 0.326 e. The number of amides is 2. The first kappa shape index (κ1) is 15.5. The van der Waals surface area contributed by atoms with Crippen molar-refractivity contribution < 1.29 is 9.59 Å². The molecule has 6 heteroatoms. The molecule has 3 N–H and O–H groups in total. The van der Waals surface area contributed by atoms with Gasteiger partial charge in [0.05, 0.1) is 10.7 Å². The van der Waals surface area contributed by atoms with Crippen LogP contribution in [-0.2, 0) is 9.59 Å². The lowest BCUT2D eigenvalue weighted by molar-refractivity contribution is -0.116. The fraction of sp³-hybridized carbons (Fsp3) is 0.385. The van der Waals surface area contributed by atoms with Crippen LogP contribution in [0.25, 0.3) is 0 Å². The molecule has 0 aromatic heterocycles. The normalized spacial score (nSPS) is 10.1. The van der Waals surface area contributed by atoms with E-state index in [0.29, 0.717) is 35.8 Å². The Kier molecular flexibility index (Phi) is 6.32. The molecule has 0 aliphatic heterocycles. The minimum absolute atomic E-state index is 0.0882. The Balaban J connectivity index is 2.74. The number of nitrogens with one attached hydrogen (secondary N) is 3. The van der Waals surface area contributed by atoms with Crippen LogP contribution in [0.2, 0.25) is 5.02 Å². The van der Waals surface area contributed by atoms with Crippen molar-refractivity contribution in [2.24, 2.45) is 0 Å². The Morgan fingerprint density at radius 1 is 1.21 bits per heavy atom. The molecule has 0 aliphatic rings. The molecule has 19 heavy (non-hydrogen) atoms. The molecular weight excluding hydrogens is 266 g/mol. The molecule has 104 valence electrons. The second-order valence-electron chi connectivity index (χ2n) is 4.00. The zero-order chi connectivity index (χ0) is 14.3. The van der Waals surface area contributed by atoms with Crippen molar-refractivity contribution in [3.8, 4) is 0 Å². The molecule has 0 aliphatic carbocycles. The van der Waals surface area contributed by atoms with E-state index in [2.05, 4.69) is 16.0 Å². The molecule has 0 unspecified atom stereocenters. The van der Waals surface area contributed by atoms with Crippen LogP contribution in [0.5, 0.6) is 0 Å². The summed E-state index contributed by atoms with van der Waals surface area (Å²) in [6, 6.07) is 4.98. The molecule has 1 rings (SSSR count). The van der Waals surface area contributed by atoms with Gasteiger partial charge in [0, 0.05) is 25.1 Å². The molecular formula is C13H18ClN3O2. The first-order valence-electron chi connectivity index (χ1n) is 6.10. The van der Waals surface area contributed by atoms with E-state index in [1.54, 1.807) is 32.2 Å². The lowest BCUT2D eigenvalue weighted by atomic mass is 10.2. The van der Waals surface area contributed by atoms with Crippen molar-refractivity contribution in [3.63, 3.8) is 0 Å². The van der Waals surface area contributed by atoms with Gasteiger partial charge in [0.2, 0.25) is 11.8 Å². The fourth-order valence-electron chi connectivity index (χ4n) is 1.40. The van der Waals surface area contributed by atoms with Crippen LogP contribution in [0.1, 0.15) is 19.8 Å². The summed E-state index contributed by atoms with van der Waals surface area (Å²) in [7, 11) is 1.78. The number of anilines is 2. The molecule has 0 saturated carbocycles. The van der Waals surface area contributed by atoms with E-state index >= 15 is 0 Å². The summed E-state index contributed by atoms with van der Waals surface area (Å²) < 4.78 is 0. The van der Waals surface area contributed by atoms with E-state index < -0.39 is 0 Å². The van der Waals surface area contributed by atoms with Gasteiger partial charge in [-0.15, -0.1) is 0 Å². The smallest absolute Gasteiger partial charge is 0.225 e. The second-order valence-corrected chi connectivity index (χ2v) is 4.41. The molecule has 0 heterocycles. The molecule has 5 nitrogen and oxygen atoms in total. The first-order valence-corrected chi connectivity index (χ1v) is 6.48. The van der Waals surface area contributed by atoms with Gasteiger partial charge in [-0.1, -0.05) is 18.5 Å². The Bertz CT molecular complexity index is 463. The summed E-state index contributed by atoms with van der Waals surface area (Å²) in [4.78, 5) is 22.9. The maximum Gasteiger partial charge on any atom is 0.225 e. The molecule has 0 spiro atoms. The summed E-state index contributed by atoms with van der Waals surface area (Å²) in [6.45, 7) is 2.36. The third-order valence-electron chi connectivity index (χ3n) is 2.45. The number of hydrogen-bond acceptors (Lipinski definition) is 3. The van der Waals surface area contributed by atoms with E-state index in [1.165, 1.54) is 0 Å². The van der Waals surface area contributed by atoms with Gasteiger partial charge in [-0.2, -0.15) is 0 Å². The maximum atomic E-state index is 11.6. The Morgan fingerprint density at radius 2 is 1.95 bits per heavy atom. The standard InChI is InChI=1S/C13H18ClN3O2/c1-3-12(18)16-9-4-5-10(14)11(8-9)17-13(19)6-7-15-2/h4-5,8,15H,3,6-7H2,1-2H3,(H,16,18)(H,17,19). The zero-order valence-electron chi connectivity index (χ0n) is 11.0. The molecule has 0 atom stereocenters. The summed E-state index contributed by atoms with van der Waals surface area (Å²) in [5.41, 5.74) is 1.11. The van der Waals surface area contributed by atoms with Gasteiger partial charge in [0.15, 0.2) is 0 Å². The Morgan fingerprint density at radius 3 is 2.58 bits per heavy atom. The predicted octanol–water partition coefficient (Wildman–Crippen LogP) is 2.24. The van der Waals surface area contributed by atoms with Crippen molar-refractivity contribution in [1.82, 2.24) is 5.32 Å². The molecule has 0 radical (unpaired) electrons. The Hall–Kier alpha value is -1.59. The van der Waals surface area contributed by atoms with Crippen LogP contribution in [-0.4, -0.2) is 25.4 Å². The average molecular weight is 284 g/mol. The minimum atomic E-state index is -0.129. The SMILES string of the molecule is CCC(=O)Nc1ccc(Cl)c(NC(=O)CCNC)c1. The number of hydrogen-bond donors (Lipinski definition) is 3. The van der Waals surface area contributed by atoms with Crippen molar-refractivity contribution in [2.45, 2.75) is 19.8 Å². The van der Waals surface area contributed by atoms with E-state index in [4.69, 9.17) is 11.6 Å². The van der Waals surface area contributed by atoms with Crippen LogP contribution in [0.15, 0.2) is 18.2 Å². The van der Waals surface area contributed by atoms with Crippen LogP contribution < -0.4 is 16.0 Å². The number of halogens is 1. The van der Waals surface area contributed by atoms with Gasteiger partial charge in [0.25, 0.3) is 0 Å². The van der Waals surface area contributed by atoms with Crippen molar-refractivity contribution >= 4 is 34.8 Å². The highest BCUT2D eigenvalue weighted by molar-refractivity contribution is 6.33. The van der Waals surface area contributed by atoms with E-state index in [9.17, 15) is 9.59 Å². The van der Waals surface area contributed by atoms with Crippen LogP contribution in [0.3, 0.4) is 0 Å². The van der Waals surface area contributed by atoms with Crippen molar-refractivity contribution in [2.75, 3.05) is 24.2 Å². The number of carbonyl (C=O) groups is 2. The van der Waals surface area contributed by atoms with Gasteiger partial charge in [0.1, 0.15) is 0 Å². The monoisotopic (exact) mass is 283 g/mol. The van der Waals surface area contributed by atoms with Gasteiger partial charge in [-0.3, -0.25) is 9.59 Å². The van der Waals surface area contributed by atoms with Gasteiger partial charge in [-0.05, 0) is 25.2 Å². The van der Waals surface area contributed by atoms with Crippen LogP contribution >= 0.6 is 11.6 Å². The molecule has 0 saturated heterocycles. The second kappa shape index (κ2) is 7.76. The third kappa shape index (κ3) is 5.28. The average Bonchev–Trinajstić information content (AvgIpc) is 2.40. The van der Waals surface area contributed by atoms with E-state index in [1.807, 2.05) is 0 Å². The van der Waals surface area contributed by atoms with Gasteiger partial charge in [-0.25, -0.2) is 0 Å². The molecule has 1 aromatic carbocycles. The highest BCUT2D eigenvalue weighted by atomic mass is 35.5. The van der Waals surface area contributed by atoms with Crippen LogP contribution in [0.4, 0.5) is 11.4 Å². The summed E-state index contributed by atoms with van der Waals surface area (Å²) in [5.74, 6) is -0.218. The molecule has 1 aromatic rings. The number of rotatable bonds is 6. The lowest BCUT2D eigenvalue weighted by Crippen LogP contribution is -2.19. The van der Waals surface area contributed by atoms with Crippen LogP contribution in [0, 0.1) is 0 Å². The van der Waals surface area contributed by atoms with Crippen molar-refractivity contribution in [1.29, 1.82) is 0 Å². The molecule has 0 bridgehead atoms. The van der Waals surface area contributed by atoms with Gasteiger partial charge >= 0.3 is 0 Å². The summed E-state index contributed by atoms with van der Waals surface area (Å²) in [5, 5.41) is 8.76. The number of benzene rings is 1. The highest BCUT2D eigenvalue weighted by Gasteiger charge is 2.07. The van der Waals surface area contributed by atoms with Gasteiger partial charge < -0.3 is 16.0 Å². The Labute approximate surface area is 117 Å². The topological polar surface area (TPSA) is 70.2 Å². The van der Waals surface area contributed by atoms with E-state index in [0.717, 1.165) is 0 Å². The number of carbonyl (C=O) groups excluding carboxylic acids is 2. The summed E-state index contributed by atoms with van der Waals surface area (Å²) in [6.07, 6.45) is 0.755.